The third-order valence-corrected chi connectivity index (χ3v) is 6.26. The van der Waals surface area contributed by atoms with Gasteiger partial charge in [0.05, 0.1) is 0 Å². The monoisotopic (exact) mass is 491 g/mol. The number of rotatable bonds is 5. The van der Waals surface area contributed by atoms with E-state index in [1.54, 1.807) is 19.0 Å². The van der Waals surface area contributed by atoms with Crippen LogP contribution in [0.3, 0.4) is 0 Å². The van der Waals surface area contributed by atoms with Gasteiger partial charge >= 0.3 is 0 Å². The number of amides is 1. The largest absolute Gasteiger partial charge is 0.356 e. The number of hydrogen-bond acceptors (Lipinski definition) is 3. The SMILES string of the molecule is CN(C)C(=O)CN=C(NCC1CCCCC1)N1CCC(N2CCCC2)C1.I. The molecule has 3 aliphatic rings. The van der Waals surface area contributed by atoms with Gasteiger partial charge in [0.15, 0.2) is 5.96 Å². The van der Waals surface area contributed by atoms with E-state index in [0.29, 0.717) is 6.04 Å². The molecule has 2 heterocycles. The fourth-order valence-electron chi connectivity index (χ4n) is 4.52. The molecule has 3 rings (SSSR count). The van der Waals surface area contributed by atoms with Crippen LogP contribution in [0.1, 0.15) is 51.4 Å². The Balaban J connectivity index is 0.00000261. The molecule has 27 heavy (non-hydrogen) atoms. The van der Waals surface area contributed by atoms with Crippen molar-refractivity contribution in [3.05, 3.63) is 0 Å². The van der Waals surface area contributed by atoms with E-state index in [1.807, 2.05) is 0 Å². The van der Waals surface area contributed by atoms with Gasteiger partial charge in [0.25, 0.3) is 0 Å². The maximum absolute atomic E-state index is 12.0. The molecule has 1 saturated carbocycles. The number of nitrogens with zero attached hydrogens (tertiary/aromatic N) is 4. The van der Waals surface area contributed by atoms with E-state index in [9.17, 15) is 4.79 Å². The Morgan fingerprint density at radius 2 is 1.74 bits per heavy atom. The second kappa shape index (κ2) is 11.4. The standard InChI is InChI=1S/C20H37N5O.HI/c1-23(2)19(26)15-22-20(21-14-17-8-4-3-5-9-17)25-13-10-18(16-25)24-11-6-7-12-24;/h17-18H,3-16H2,1-2H3,(H,21,22);1H. The van der Waals surface area contributed by atoms with Gasteiger partial charge in [-0.25, -0.2) is 4.99 Å². The molecule has 156 valence electrons. The van der Waals surface area contributed by atoms with Crippen LogP contribution in [0.2, 0.25) is 0 Å². The first-order valence-electron chi connectivity index (χ1n) is 10.6. The first-order valence-corrected chi connectivity index (χ1v) is 10.6. The molecule has 2 saturated heterocycles. The van der Waals surface area contributed by atoms with Crippen molar-refractivity contribution in [1.29, 1.82) is 0 Å². The molecule has 0 radical (unpaired) electrons. The fourth-order valence-corrected chi connectivity index (χ4v) is 4.52. The van der Waals surface area contributed by atoms with Crippen LogP contribution in [0.4, 0.5) is 0 Å². The number of carbonyl (C=O) groups is 1. The lowest BCUT2D eigenvalue weighted by molar-refractivity contribution is -0.127. The molecule has 0 aromatic carbocycles. The number of likely N-dealkylation sites (N-methyl/N-ethyl adjacent to an activating group) is 1. The molecule has 7 heteroatoms. The van der Waals surface area contributed by atoms with Gasteiger partial charge in [-0.2, -0.15) is 0 Å². The minimum Gasteiger partial charge on any atom is -0.356 e. The van der Waals surface area contributed by atoms with Crippen LogP contribution in [0.25, 0.3) is 0 Å². The van der Waals surface area contributed by atoms with Crippen LogP contribution in [-0.2, 0) is 4.79 Å². The predicted octanol–water partition coefficient (Wildman–Crippen LogP) is 2.39. The minimum atomic E-state index is 0. The molecule has 1 unspecified atom stereocenters. The molecule has 3 fully saturated rings. The van der Waals surface area contributed by atoms with Crippen LogP contribution in [0.5, 0.6) is 0 Å². The highest BCUT2D eigenvalue weighted by Crippen LogP contribution is 2.23. The number of carbonyl (C=O) groups excluding carboxylic acids is 1. The predicted molar refractivity (Wildman–Crippen MR) is 122 cm³/mol. The molecule has 0 aromatic rings. The lowest BCUT2D eigenvalue weighted by Gasteiger charge is -2.28. The van der Waals surface area contributed by atoms with Crippen LogP contribution in [0.15, 0.2) is 4.99 Å². The summed E-state index contributed by atoms with van der Waals surface area (Å²) >= 11 is 0. The quantitative estimate of drug-likeness (QED) is 0.365. The lowest BCUT2D eigenvalue weighted by Crippen LogP contribution is -2.44. The summed E-state index contributed by atoms with van der Waals surface area (Å²) in [5.41, 5.74) is 0. The molecule has 1 aliphatic carbocycles. The Hall–Kier alpha value is -0.570. The molecule has 0 aromatic heterocycles. The summed E-state index contributed by atoms with van der Waals surface area (Å²) in [6.07, 6.45) is 10.7. The van der Waals surface area contributed by atoms with Gasteiger partial charge in [-0.1, -0.05) is 19.3 Å². The highest BCUT2D eigenvalue weighted by atomic mass is 127. The number of likely N-dealkylation sites (tertiary alicyclic amines) is 2. The number of hydrogen-bond donors (Lipinski definition) is 1. The van der Waals surface area contributed by atoms with Crippen molar-refractivity contribution in [3.63, 3.8) is 0 Å². The van der Waals surface area contributed by atoms with Crippen molar-refractivity contribution < 1.29 is 4.79 Å². The summed E-state index contributed by atoms with van der Waals surface area (Å²) in [5.74, 6) is 1.78. The van der Waals surface area contributed by atoms with Crippen molar-refractivity contribution >= 4 is 35.8 Å². The molecule has 0 bridgehead atoms. The molecule has 1 N–H and O–H groups in total. The average molecular weight is 491 g/mol. The summed E-state index contributed by atoms with van der Waals surface area (Å²) in [7, 11) is 3.60. The molecule has 6 nitrogen and oxygen atoms in total. The first-order chi connectivity index (χ1) is 12.6. The minimum absolute atomic E-state index is 0. The van der Waals surface area contributed by atoms with Crippen molar-refractivity contribution in [2.75, 3.05) is 53.4 Å². The average Bonchev–Trinajstić information content (AvgIpc) is 3.33. The van der Waals surface area contributed by atoms with Crippen molar-refractivity contribution in [3.8, 4) is 0 Å². The van der Waals surface area contributed by atoms with E-state index in [-0.39, 0.29) is 36.4 Å². The Labute approximate surface area is 182 Å². The van der Waals surface area contributed by atoms with Gasteiger partial charge in [-0.05, 0) is 51.1 Å². The summed E-state index contributed by atoms with van der Waals surface area (Å²) in [4.78, 5) is 23.4. The maximum atomic E-state index is 12.0. The summed E-state index contributed by atoms with van der Waals surface area (Å²) in [6, 6.07) is 0.656. The van der Waals surface area contributed by atoms with Gasteiger partial charge < -0.3 is 15.1 Å². The zero-order chi connectivity index (χ0) is 18.4. The van der Waals surface area contributed by atoms with E-state index in [4.69, 9.17) is 4.99 Å². The first kappa shape index (κ1) is 22.7. The Bertz CT molecular complexity index is 487. The number of aliphatic imine (C=N–C) groups is 1. The van der Waals surface area contributed by atoms with Crippen molar-refractivity contribution in [2.45, 2.75) is 57.4 Å². The molecule has 1 atom stereocenters. The van der Waals surface area contributed by atoms with Gasteiger partial charge in [0.2, 0.25) is 5.91 Å². The zero-order valence-corrected chi connectivity index (χ0v) is 19.5. The fraction of sp³-hybridized carbons (Fsp3) is 0.900. The summed E-state index contributed by atoms with van der Waals surface area (Å²) in [6.45, 7) is 5.84. The van der Waals surface area contributed by atoms with Crippen LogP contribution < -0.4 is 5.32 Å². The molecular formula is C20H38IN5O. The maximum Gasteiger partial charge on any atom is 0.243 e. The summed E-state index contributed by atoms with van der Waals surface area (Å²) in [5, 5.41) is 3.62. The molecule has 1 amide bonds. The van der Waals surface area contributed by atoms with Crippen LogP contribution >= 0.6 is 24.0 Å². The van der Waals surface area contributed by atoms with Gasteiger partial charge in [0.1, 0.15) is 6.54 Å². The Morgan fingerprint density at radius 1 is 1.04 bits per heavy atom. The zero-order valence-electron chi connectivity index (χ0n) is 17.2. The van der Waals surface area contributed by atoms with Crippen LogP contribution in [0, 0.1) is 5.92 Å². The highest BCUT2D eigenvalue weighted by Gasteiger charge is 2.31. The van der Waals surface area contributed by atoms with Crippen molar-refractivity contribution in [2.24, 2.45) is 10.9 Å². The van der Waals surface area contributed by atoms with Gasteiger partial charge in [0, 0.05) is 39.8 Å². The third kappa shape index (κ3) is 6.76. The van der Waals surface area contributed by atoms with Gasteiger partial charge in [-0.15, -0.1) is 24.0 Å². The Kier molecular flexibility index (Phi) is 9.62. The topological polar surface area (TPSA) is 51.2 Å². The van der Waals surface area contributed by atoms with Crippen LogP contribution in [-0.4, -0.2) is 86.0 Å². The molecule has 2 aliphatic heterocycles. The second-order valence-electron chi connectivity index (χ2n) is 8.44. The normalized spacial score (nSPS) is 24.7. The van der Waals surface area contributed by atoms with E-state index in [1.165, 1.54) is 64.5 Å². The number of guanidine groups is 1. The Morgan fingerprint density at radius 3 is 2.41 bits per heavy atom. The van der Waals surface area contributed by atoms with E-state index >= 15 is 0 Å². The van der Waals surface area contributed by atoms with E-state index in [2.05, 4.69) is 15.1 Å². The highest BCUT2D eigenvalue weighted by molar-refractivity contribution is 14.0. The molecular weight excluding hydrogens is 453 g/mol. The van der Waals surface area contributed by atoms with Gasteiger partial charge in [-0.3, -0.25) is 9.69 Å². The van der Waals surface area contributed by atoms with E-state index < -0.39 is 0 Å². The third-order valence-electron chi connectivity index (χ3n) is 6.26. The lowest BCUT2D eigenvalue weighted by atomic mass is 9.89. The summed E-state index contributed by atoms with van der Waals surface area (Å²) < 4.78 is 0. The second-order valence-corrected chi connectivity index (χ2v) is 8.44. The number of nitrogens with one attached hydrogen (secondary N) is 1. The smallest absolute Gasteiger partial charge is 0.243 e. The molecule has 0 spiro atoms. The number of halogens is 1. The van der Waals surface area contributed by atoms with E-state index in [0.717, 1.165) is 31.5 Å². The van der Waals surface area contributed by atoms with Crippen molar-refractivity contribution in [1.82, 2.24) is 20.0 Å².